The summed E-state index contributed by atoms with van der Waals surface area (Å²) in [6, 6.07) is 18.6. The van der Waals surface area contributed by atoms with E-state index in [1.807, 2.05) is 11.8 Å². The number of nitrogens with zero attached hydrogens (tertiary/aromatic N) is 1. The van der Waals surface area contributed by atoms with Crippen LogP contribution in [0.1, 0.15) is 61.8 Å². The summed E-state index contributed by atoms with van der Waals surface area (Å²) in [6.07, 6.45) is 6.90. The largest absolute Gasteiger partial charge is 0.292 e. The van der Waals surface area contributed by atoms with Crippen molar-refractivity contribution in [3.8, 4) is 0 Å². The van der Waals surface area contributed by atoms with Crippen molar-refractivity contribution in [1.29, 1.82) is 0 Å². The summed E-state index contributed by atoms with van der Waals surface area (Å²) < 4.78 is 0. The first-order valence-electron chi connectivity index (χ1n) is 9.90. The summed E-state index contributed by atoms with van der Waals surface area (Å²) in [5.74, 6) is 2.04. The van der Waals surface area contributed by atoms with Crippen molar-refractivity contribution in [3.63, 3.8) is 0 Å². The molecule has 0 saturated carbocycles. The van der Waals surface area contributed by atoms with Gasteiger partial charge in [0.25, 0.3) is 0 Å². The molecule has 1 fully saturated rings. The average molecular weight is 352 g/mol. The van der Waals surface area contributed by atoms with Gasteiger partial charge in [0.2, 0.25) is 0 Å². The molecule has 2 heteroatoms. The normalized spacial score (nSPS) is 21.4. The van der Waals surface area contributed by atoms with Crippen LogP contribution in [-0.4, -0.2) is 18.0 Å². The number of thioether (sulfide) groups is 1. The smallest absolute Gasteiger partial charge is 0.0615 e. The van der Waals surface area contributed by atoms with Crippen LogP contribution in [-0.2, 0) is 5.75 Å². The van der Waals surface area contributed by atoms with Crippen molar-refractivity contribution in [2.24, 2.45) is 5.92 Å². The lowest BCUT2D eigenvalue weighted by Gasteiger charge is -2.38. The lowest BCUT2D eigenvalue weighted by Crippen LogP contribution is -2.37. The van der Waals surface area contributed by atoms with Gasteiger partial charge in [-0.2, -0.15) is 0 Å². The molecule has 0 radical (unpaired) electrons. The molecule has 0 bridgehead atoms. The minimum Gasteiger partial charge on any atom is -0.292 e. The third-order valence-corrected chi connectivity index (χ3v) is 7.06. The van der Waals surface area contributed by atoms with Gasteiger partial charge in [-0.25, -0.2) is 0 Å². The van der Waals surface area contributed by atoms with E-state index in [2.05, 4.69) is 60.4 Å². The van der Waals surface area contributed by atoms with Crippen molar-refractivity contribution >= 4 is 11.8 Å². The quantitative estimate of drug-likeness (QED) is 0.637. The Kier molecular flexibility index (Phi) is 5.48. The fourth-order valence-electron chi connectivity index (χ4n) is 4.48. The van der Waals surface area contributed by atoms with Crippen LogP contribution in [0.15, 0.2) is 53.4 Å². The van der Waals surface area contributed by atoms with Crippen LogP contribution in [0.25, 0.3) is 0 Å². The first-order valence-corrected chi connectivity index (χ1v) is 10.9. The van der Waals surface area contributed by atoms with Crippen molar-refractivity contribution < 1.29 is 0 Å². The number of rotatable bonds is 4. The van der Waals surface area contributed by atoms with Crippen LogP contribution in [0, 0.1) is 5.92 Å². The van der Waals surface area contributed by atoms with Crippen LogP contribution >= 0.6 is 11.8 Å². The maximum absolute atomic E-state index is 2.76. The van der Waals surface area contributed by atoms with E-state index in [0.717, 1.165) is 11.7 Å². The molecule has 1 atom stereocenters. The Morgan fingerprint density at radius 1 is 0.960 bits per heavy atom. The predicted molar refractivity (Wildman–Crippen MR) is 108 cm³/mol. The first kappa shape index (κ1) is 17.2. The van der Waals surface area contributed by atoms with Gasteiger partial charge in [-0.05, 0) is 54.6 Å². The zero-order valence-corrected chi connectivity index (χ0v) is 16.1. The second-order valence-corrected chi connectivity index (χ2v) is 8.57. The molecule has 2 aromatic rings. The predicted octanol–water partition coefficient (Wildman–Crippen LogP) is 6.28. The van der Waals surface area contributed by atoms with Gasteiger partial charge in [0, 0.05) is 10.6 Å². The highest BCUT2D eigenvalue weighted by molar-refractivity contribution is 7.98. The SMILES string of the molecule is CCCCC1CCN(C2c3ccccc3CSc3ccccc32)CC1. The maximum Gasteiger partial charge on any atom is 0.0615 e. The fraction of sp³-hybridized carbons (Fsp3) is 0.478. The lowest BCUT2D eigenvalue weighted by atomic mass is 9.87. The second kappa shape index (κ2) is 7.97. The Labute approximate surface area is 156 Å². The molecular formula is C23H29NS. The number of likely N-dealkylation sites (tertiary alicyclic amines) is 1. The molecule has 0 aliphatic carbocycles. The highest BCUT2D eigenvalue weighted by Gasteiger charge is 2.31. The van der Waals surface area contributed by atoms with E-state index < -0.39 is 0 Å². The Morgan fingerprint density at radius 3 is 2.48 bits per heavy atom. The van der Waals surface area contributed by atoms with Gasteiger partial charge < -0.3 is 0 Å². The molecule has 2 aliphatic rings. The van der Waals surface area contributed by atoms with Gasteiger partial charge in [0.1, 0.15) is 0 Å². The van der Waals surface area contributed by atoms with Crippen LogP contribution in [0.3, 0.4) is 0 Å². The molecule has 1 unspecified atom stereocenters. The van der Waals surface area contributed by atoms with E-state index in [4.69, 9.17) is 0 Å². The zero-order chi connectivity index (χ0) is 17.1. The first-order chi connectivity index (χ1) is 12.4. The molecule has 0 spiro atoms. The molecule has 2 aliphatic heterocycles. The minimum absolute atomic E-state index is 0.439. The Hall–Kier alpha value is -1.25. The molecule has 132 valence electrons. The molecule has 0 aromatic heterocycles. The molecule has 0 amide bonds. The number of unbranched alkanes of at least 4 members (excludes halogenated alkanes) is 1. The molecule has 0 N–H and O–H groups in total. The second-order valence-electron chi connectivity index (χ2n) is 7.55. The molecule has 2 aromatic carbocycles. The molecule has 1 nitrogen and oxygen atoms in total. The van der Waals surface area contributed by atoms with Crippen LogP contribution < -0.4 is 0 Å². The molecule has 4 rings (SSSR count). The third kappa shape index (κ3) is 3.66. The molecular weight excluding hydrogens is 322 g/mol. The van der Waals surface area contributed by atoms with E-state index in [1.165, 1.54) is 66.8 Å². The van der Waals surface area contributed by atoms with Crippen molar-refractivity contribution in [3.05, 3.63) is 65.2 Å². The Balaban J connectivity index is 1.62. The van der Waals surface area contributed by atoms with Gasteiger partial charge in [0.05, 0.1) is 6.04 Å². The topological polar surface area (TPSA) is 3.24 Å². The van der Waals surface area contributed by atoms with Gasteiger partial charge in [-0.15, -0.1) is 11.8 Å². The van der Waals surface area contributed by atoms with E-state index in [-0.39, 0.29) is 0 Å². The monoisotopic (exact) mass is 351 g/mol. The number of piperidine rings is 1. The summed E-state index contributed by atoms with van der Waals surface area (Å²) in [4.78, 5) is 4.23. The van der Waals surface area contributed by atoms with Gasteiger partial charge in [-0.1, -0.05) is 68.7 Å². The average Bonchev–Trinajstić information content (AvgIpc) is 2.84. The van der Waals surface area contributed by atoms with Crippen molar-refractivity contribution in [2.75, 3.05) is 13.1 Å². The fourth-order valence-corrected chi connectivity index (χ4v) is 5.57. The number of hydrogen-bond donors (Lipinski definition) is 0. The summed E-state index contributed by atoms with van der Waals surface area (Å²) in [5.41, 5.74) is 4.57. The third-order valence-electron chi connectivity index (χ3n) is 5.93. The summed E-state index contributed by atoms with van der Waals surface area (Å²) in [6.45, 7) is 4.80. The van der Waals surface area contributed by atoms with E-state index in [9.17, 15) is 0 Å². The summed E-state index contributed by atoms with van der Waals surface area (Å²) in [5, 5.41) is 0. The molecule has 2 heterocycles. The van der Waals surface area contributed by atoms with E-state index in [1.54, 1.807) is 0 Å². The van der Waals surface area contributed by atoms with Crippen LogP contribution in [0.4, 0.5) is 0 Å². The van der Waals surface area contributed by atoms with E-state index >= 15 is 0 Å². The minimum atomic E-state index is 0.439. The molecule has 25 heavy (non-hydrogen) atoms. The zero-order valence-electron chi connectivity index (χ0n) is 15.3. The standard InChI is InChI=1S/C23H29NS/c1-2-3-8-18-13-15-24(16-14-18)23-20-10-5-4-9-19(20)17-25-22-12-7-6-11-21(22)23/h4-7,9-12,18,23H,2-3,8,13-17H2,1H3. The van der Waals surface area contributed by atoms with E-state index in [0.29, 0.717) is 6.04 Å². The van der Waals surface area contributed by atoms with Crippen molar-refractivity contribution in [2.45, 2.75) is 55.7 Å². The Bertz CT molecular complexity index is 655. The maximum atomic E-state index is 2.76. The highest BCUT2D eigenvalue weighted by Crippen LogP contribution is 2.43. The van der Waals surface area contributed by atoms with Crippen LogP contribution in [0.2, 0.25) is 0 Å². The summed E-state index contributed by atoms with van der Waals surface area (Å²) in [7, 11) is 0. The van der Waals surface area contributed by atoms with Crippen LogP contribution in [0.5, 0.6) is 0 Å². The van der Waals surface area contributed by atoms with Crippen molar-refractivity contribution in [1.82, 2.24) is 4.90 Å². The number of benzene rings is 2. The number of hydrogen-bond acceptors (Lipinski definition) is 2. The number of fused-ring (bicyclic) bond motifs is 2. The lowest BCUT2D eigenvalue weighted by molar-refractivity contribution is 0.144. The van der Waals surface area contributed by atoms with Gasteiger partial charge >= 0.3 is 0 Å². The Morgan fingerprint density at radius 2 is 1.68 bits per heavy atom. The summed E-state index contributed by atoms with van der Waals surface area (Å²) >= 11 is 2.00. The van der Waals surface area contributed by atoms with Gasteiger partial charge in [-0.3, -0.25) is 4.90 Å². The highest BCUT2D eigenvalue weighted by atomic mass is 32.2. The molecule has 1 saturated heterocycles. The van der Waals surface area contributed by atoms with Gasteiger partial charge in [0.15, 0.2) is 0 Å².